The zero-order chi connectivity index (χ0) is 11.6. The molecule has 0 aromatic heterocycles. The van der Waals surface area contributed by atoms with E-state index in [1.807, 2.05) is 0 Å². The molecule has 1 aromatic rings. The quantitative estimate of drug-likeness (QED) is 0.803. The SMILES string of the molecule is CC1(C)CCC(=CCCN)c2ccccc21. The molecule has 0 amide bonds. The minimum absolute atomic E-state index is 0.316. The summed E-state index contributed by atoms with van der Waals surface area (Å²) in [6.45, 7) is 5.42. The molecule has 0 saturated carbocycles. The van der Waals surface area contributed by atoms with Crippen molar-refractivity contribution >= 4 is 5.57 Å². The molecule has 2 N–H and O–H groups in total. The Morgan fingerprint density at radius 2 is 2.06 bits per heavy atom. The van der Waals surface area contributed by atoms with Crippen LogP contribution in [0.1, 0.15) is 44.2 Å². The third-order valence-electron chi connectivity index (χ3n) is 3.58. The van der Waals surface area contributed by atoms with Gasteiger partial charge in [-0.1, -0.05) is 44.2 Å². The lowest BCUT2D eigenvalue weighted by atomic mass is 9.71. The Kier molecular flexibility index (Phi) is 3.15. The highest BCUT2D eigenvalue weighted by atomic mass is 14.5. The van der Waals surface area contributed by atoms with Gasteiger partial charge in [0.15, 0.2) is 0 Å². The van der Waals surface area contributed by atoms with Gasteiger partial charge in [-0.25, -0.2) is 0 Å². The summed E-state index contributed by atoms with van der Waals surface area (Å²) in [5, 5.41) is 0. The van der Waals surface area contributed by atoms with Crippen LogP contribution >= 0.6 is 0 Å². The summed E-state index contributed by atoms with van der Waals surface area (Å²) in [7, 11) is 0. The van der Waals surface area contributed by atoms with Gasteiger partial charge in [0, 0.05) is 0 Å². The number of rotatable bonds is 2. The van der Waals surface area contributed by atoms with Crippen molar-refractivity contribution < 1.29 is 0 Å². The molecule has 1 aliphatic rings. The molecule has 0 atom stereocenters. The maximum absolute atomic E-state index is 5.57. The molecule has 0 unspecified atom stereocenters. The van der Waals surface area contributed by atoms with Gasteiger partial charge in [0.25, 0.3) is 0 Å². The Hall–Kier alpha value is -1.08. The van der Waals surface area contributed by atoms with Gasteiger partial charge < -0.3 is 5.73 Å². The van der Waals surface area contributed by atoms with Crippen molar-refractivity contribution in [1.29, 1.82) is 0 Å². The second kappa shape index (κ2) is 4.42. The normalized spacial score (nSPS) is 20.8. The van der Waals surface area contributed by atoms with Crippen LogP contribution in [0.2, 0.25) is 0 Å². The minimum Gasteiger partial charge on any atom is -0.330 e. The molecular weight excluding hydrogens is 194 g/mol. The second-order valence-electron chi connectivity index (χ2n) is 5.24. The van der Waals surface area contributed by atoms with Crippen molar-refractivity contribution in [3.8, 4) is 0 Å². The van der Waals surface area contributed by atoms with Crippen molar-refractivity contribution in [3.63, 3.8) is 0 Å². The molecule has 16 heavy (non-hydrogen) atoms. The van der Waals surface area contributed by atoms with Crippen LogP contribution < -0.4 is 5.73 Å². The molecule has 2 rings (SSSR count). The highest BCUT2D eigenvalue weighted by Crippen LogP contribution is 2.41. The summed E-state index contributed by atoms with van der Waals surface area (Å²) < 4.78 is 0. The van der Waals surface area contributed by atoms with Crippen molar-refractivity contribution in [2.75, 3.05) is 6.54 Å². The monoisotopic (exact) mass is 215 g/mol. The Balaban J connectivity index is 2.43. The summed E-state index contributed by atoms with van der Waals surface area (Å²) in [5.41, 5.74) is 10.3. The van der Waals surface area contributed by atoms with Gasteiger partial charge in [-0.15, -0.1) is 0 Å². The smallest absolute Gasteiger partial charge is 0.00424 e. The fraction of sp³-hybridized carbons (Fsp3) is 0.467. The molecule has 1 heteroatoms. The molecule has 1 aliphatic carbocycles. The molecular formula is C15H21N. The van der Waals surface area contributed by atoms with Crippen LogP contribution in [0.4, 0.5) is 0 Å². The van der Waals surface area contributed by atoms with Crippen LogP contribution in [-0.2, 0) is 5.41 Å². The van der Waals surface area contributed by atoms with Gasteiger partial charge in [-0.3, -0.25) is 0 Å². The maximum atomic E-state index is 5.57. The maximum Gasteiger partial charge on any atom is -0.00424 e. The van der Waals surface area contributed by atoms with Crippen LogP contribution in [-0.4, -0.2) is 6.54 Å². The van der Waals surface area contributed by atoms with Crippen molar-refractivity contribution in [1.82, 2.24) is 0 Å². The van der Waals surface area contributed by atoms with Crippen molar-refractivity contribution in [2.24, 2.45) is 5.73 Å². The third kappa shape index (κ3) is 2.05. The summed E-state index contributed by atoms with van der Waals surface area (Å²) in [5.74, 6) is 0. The van der Waals surface area contributed by atoms with Gasteiger partial charge in [0.2, 0.25) is 0 Å². The Morgan fingerprint density at radius 1 is 1.31 bits per heavy atom. The first-order valence-corrected chi connectivity index (χ1v) is 6.14. The Bertz CT molecular complexity index is 402. The first-order valence-electron chi connectivity index (χ1n) is 6.14. The lowest BCUT2D eigenvalue weighted by molar-refractivity contribution is 0.474. The van der Waals surface area contributed by atoms with E-state index in [0.29, 0.717) is 5.41 Å². The molecule has 86 valence electrons. The molecule has 0 saturated heterocycles. The summed E-state index contributed by atoms with van der Waals surface area (Å²) in [6, 6.07) is 8.80. The van der Waals surface area contributed by atoms with E-state index in [1.54, 1.807) is 0 Å². The summed E-state index contributed by atoms with van der Waals surface area (Å²) in [4.78, 5) is 0. The standard InChI is InChI=1S/C15H21N/c1-15(2)10-9-12(6-5-11-16)13-7-3-4-8-14(13)15/h3-4,6-8H,5,9-11,16H2,1-2H3. The predicted octanol–water partition coefficient (Wildman–Crippen LogP) is 3.49. The second-order valence-corrected chi connectivity index (χ2v) is 5.24. The fourth-order valence-electron chi connectivity index (χ4n) is 2.54. The van der Waals surface area contributed by atoms with Crippen molar-refractivity contribution in [2.45, 2.75) is 38.5 Å². The molecule has 0 aliphatic heterocycles. The van der Waals surface area contributed by atoms with Crippen molar-refractivity contribution in [3.05, 3.63) is 41.5 Å². The number of benzene rings is 1. The van der Waals surface area contributed by atoms with Gasteiger partial charge in [-0.05, 0) is 47.9 Å². The van der Waals surface area contributed by atoms with Gasteiger partial charge >= 0.3 is 0 Å². The van der Waals surface area contributed by atoms with Crippen LogP contribution in [0, 0.1) is 0 Å². The molecule has 0 radical (unpaired) electrons. The topological polar surface area (TPSA) is 26.0 Å². The van der Waals surface area contributed by atoms with Crippen LogP contribution in [0.3, 0.4) is 0 Å². The van der Waals surface area contributed by atoms with Crippen LogP contribution in [0.5, 0.6) is 0 Å². The highest BCUT2D eigenvalue weighted by molar-refractivity contribution is 5.71. The first-order chi connectivity index (χ1) is 7.65. The van der Waals surface area contributed by atoms with E-state index >= 15 is 0 Å². The zero-order valence-corrected chi connectivity index (χ0v) is 10.3. The Labute approximate surface area is 98.4 Å². The van der Waals surface area contributed by atoms with Gasteiger partial charge in [0.05, 0.1) is 0 Å². The highest BCUT2D eigenvalue weighted by Gasteiger charge is 2.28. The molecule has 1 nitrogen and oxygen atoms in total. The average Bonchev–Trinajstić information content (AvgIpc) is 2.29. The Morgan fingerprint density at radius 3 is 2.81 bits per heavy atom. The van der Waals surface area contributed by atoms with Gasteiger partial charge in [0.1, 0.15) is 0 Å². The van der Waals surface area contributed by atoms with E-state index in [1.165, 1.54) is 29.5 Å². The van der Waals surface area contributed by atoms with E-state index in [-0.39, 0.29) is 0 Å². The summed E-state index contributed by atoms with van der Waals surface area (Å²) in [6.07, 6.45) is 5.72. The molecule has 0 spiro atoms. The van der Waals surface area contributed by atoms with E-state index in [9.17, 15) is 0 Å². The summed E-state index contributed by atoms with van der Waals surface area (Å²) >= 11 is 0. The number of fused-ring (bicyclic) bond motifs is 1. The lowest BCUT2D eigenvalue weighted by Gasteiger charge is -2.34. The number of hydrogen-bond donors (Lipinski definition) is 1. The molecule has 0 heterocycles. The molecule has 0 bridgehead atoms. The average molecular weight is 215 g/mol. The number of allylic oxidation sites excluding steroid dienone is 1. The zero-order valence-electron chi connectivity index (χ0n) is 10.3. The van der Waals surface area contributed by atoms with Gasteiger partial charge in [-0.2, -0.15) is 0 Å². The van der Waals surface area contributed by atoms with E-state index < -0.39 is 0 Å². The number of hydrogen-bond acceptors (Lipinski definition) is 1. The fourth-order valence-corrected chi connectivity index (χ4v) is 2.54. The molecule has 0 fully saturated rings. The third-order valence-corrected chi connectivity index (χ3v) is 3.58. The largest absolute Gasteiger partial charge is 0.330 e. The van der Waals surface area contributed by atoms with Crippen LogP contribution in [0.25, 0.3) is 5.57 Å². The van der Waals surface area contributed by atoms with E-state index in [0.717, 1.165) is 13.0 Å². The first kappa shape index (κ1) is 11.4. The lowest BCUT2D eigenvalue weighted by Crippen LogP contribution is -2.23. The van der Waals surface area contributed by atoms with E-state index in [2.05, 4.69) is 44.2 Å². The number of nitrogens with two attached hydrogens (primary N) is 1. The molecule has 1 aromatic carbocycles. The van der Waals surface area contributed by atoms with Crippen LogP contribution in [0.15, 0.2) is 30.3 Å². The minimum atomic E-state index is 0.316. The predicted molar refractivity (Wildman–Crippen MR) is 70.4 cm³/mol. The van der Waals surface area contributed by atoms with E-state index in [4.69, 9.17) is 5.73 Å².